The maximum atomic E-state index is 12.7. The monoisotopic (exact) mass is 535 g/mol. The molecule has 0 aliphatic carbocycles. The van der Waals surface area contributed by atoms with Gasteiger partial charge in [0.15, 0.2) is 11.0 Å². The molecule has 39 heavy (non-hydrogen) atoms. The first-order chi connectivity index (χ1) is 19.0. The third kappa shape index (κ3) is 6.15. The Balaban J connectivity index is 1.25. The highest BCUT2D eigenvalue weighted by atomic mass is 32.2. The molecule has 3 aromatic carbocycles. The van der Waals surface area contributed by atoms with Crippen molar-refractivity contribution in [1.82, 2.24) is 30.0 Å². The number of carbonyl (C=O) groups is 1. The van der Waals surface area contributed by atoms with Crippen LogP contribution < -0.4 is 5.43 Å². The van der Waals surface area contributed by atoms with Crippen LogP contribution in [-0.2, 0) is 11.3 Å². The highest BCUT2D eigenvalue weighted by Crippen LogP contribution is 2.27. The first-order valence-corrected chi connectivity index (χ1v) is 13.6. The summed E-state index contributed by atoms with van der Waals surface area (Å²) in [6.07, 6.45) is 1.66. The fourth-order valence-electron chi connectivity index (χ4n) is 4.20. The van der Waals surface area contributed by atoms with E-state index in [-0.39, 0.29) is 11.7 Å². The number of nitrogens with zero attached hydrogens (tertiary/aromatic N) is 6. The second-order valence-corrected chi connectivity index (χ2v) is 10.1. The highest BCUT2D eigenvalue weighted by molar-refractivity contribution is 7.99. The van der Waals surface area contributed by atoms with Gasteiger partial charge in [-0.15, -0.1) is 10.2 Å². The van der Waals surface area contributed by atoms with Crippen LogP contribution in [-0.4, -0.2) is 42.4 Å². The molecule has 5 aromatic rings. The number of aromatic nitrogens is 5. The SMILES string of the molecule is Cc1ccc(Cn2nc(C)c(/C=N/NC(=O)CSc3nnc(-c4ccccc4)n3-c3ccccc3)c2C)cc1. The minimum absolute atomic E-state index is 0.141. The minimum Gasteiger partial charge on any atom is -0.272 e. The van der Waals surface area contributed by atoms with Crippen molar-refractivity contribution in [3.05, 3.63) is 113 Å². The molecular formula is C30H29N7OS. The summed E-state index contributed by atoms with van der Waals surface area (Å²) < 4.78 is 3.92. The van der Waals surface area contributed by atoms with Crippen molar-refractivity contribution in [1.29, 1.82) is 0 Å². The lowest BCUT2D eigenvalue weighted by Crippen LogP contribution is -2.20. The standard InChI is InChI=1S/C30H29N7OS/c1-21-14-16-24(17-15-21)19-36-23(3)27(22(2)35-36)18-31-32-28(38)20-39-30-34-33-29(25-10-6-4-7-11-25)37(30)26-12-8-5-9-13-26/h4-18H,19-20H2,1-3H3,(H,32,38)/b31-18+. The highest BCUT2D eigenvalue weighted by Gasteiger charge is 2.17. The van der Waals surface area contributed by atoms with Crippen molar-refractivity contribution >= 4 is 23.9 Å². The van der Waals surface area contributed by atoms with Crippen molar-refractivity contribution in [2.24, 2.45) is 5.10 Å². The summed E-state index contributed by atoms with van der Waals surface area (Å²) in [4.78, 5) is 12.7. The van der Waals surface area contributed by atoms with Gasteiger partial charge in [0.25, 0.3) is 5.91 Å². The second-order valence-electron chi connectivity index (χ2n) is 9.15. The van der Waals surface area contributed by atoms with Gasteiger partial charge in [-0.3, -0.25) is 14.0 Å². The molecular weight excluding hydrogens is 506 g/mol. The molecule has 5 rings (SSSR count). The van der Waals surface area contributed by atoms with E-state index in [1.807, 2.05) is 83.8 Å². The molecule has 0 fully saturated rings. The lowest BCUT2D eigenvalue weighted by atomic mass is 10.1. The van der Waals surface area contributed by atoms with E-state index in [0.29, 0.717) is 11.7 Å². The predicted molar refractivity (Wildman–Crippen MR) is 155 cm³/mol. The molecule has 1 N–H and O–H groups in total. The quantitative estimate of drug-likeness (QED) is 0.156. The van der Waals surface area contributed by atoms with E-state index in [4.69, 9.17) is 0 Å². The molecule has 0 saturated carbocycles. The Morgan fingerprint density at radius 1 is 0.923 bits per heavy atom. The molecule has 0 bridgehead atoms. The normalized spacial score (nSPS) is 11.3. The van der Waals surface area contributed by atoms with Gasteiger partial charge in [-0.05, 0) is 38.5 Å². The van der Waals surface area contributed by atoms with Gasteiger partial charge in [-0.1, -0.05) is 90.1 Å². The summed E-state index contributed by atoms with van der Waals surface area (Å²) in [5.74, 6) is 0.626. The number of hydrogen-bond acceptors (Lipinski definition) is 6. The first kappa shape index (κ1) is 26.1. The number of aryl methyl sites for hydroxylation is 2. The van der Waals surface area contributed by atoms with Gasteiger partial charge in [-0.2, -0.15) is 10.2 Å². The van der Waals surface area contributed by atoms with E-state index in [2.05, 4.69) is 57.0 Å². The molecule has 8 nitrogen and oxygen atoms in total. The van der Waals surface area contributed by atoms with Gasteiger partial charge in [0.1, 0.15) is 0 Å². The molecule has 2 aromatic heterocycles. The zero-order valence-corrected chi connectivity index (χ0v) is 22.9. The Morgan fingerprint density at radius 3 is 2.33 bits per heavy atom. The van der Waals surface area contributed by atoms with Crippen LogP contribution in [0.3, 0.4) is 0 Å². The zero-order valence-electron chi connectivity index (χ0n) is 22.1. The van der Waals surface area contributed by atoms with E-state index in [0.717, 1.165) is 34.0 Å². The Morgan fingerprint density at radius 2 is 1.62 bits per heavy atom. The number of hydrogen-bond donors (Lipinski definition) is 1. The summed E-state index contributed by atoms with van der Waals surface area (Å²) in [6.45, 7) is 6.70. The third-order valence-corrected chi connectivity index (χ3v) is 7.21. The number of benzene rings is 3. The maximum Gasteiger partial charge on any atom is 0.250 e. The van der Waals surface area contributed by atoms with Crippen molar-refractivity contribution in [3.63, 3.8) is 0 Å². The van der Waals surface area contributed by atoms with Crippen molar-refractivity contribution in [3.8, 4) is 17.1 Å². The summed E-state index contributed by atoms with van der Waals surface area (Å²) in [6, 6.07) is 28.2. The van der Waals surface area contributed by atoms with Crippen LogP contribution >= 0.6 is 11.8 Å². The Labute approximate surface area is 231 Å². The summed E-state index contributed by atoms with van der Waals surface area (Å²) in [5.41, 5.74) is 9.66. The summed E-state index contributed by atoms with van der Waals surface area (Å²) in [7, 11) is 0. The number of carbonyl (C=O) groups excluding carboxylic acids is 1. The Bertz CT molecular complexity index is 1590. The van der Waals surface area contributed by atoms with Gasteiger partial charge in [-0.25, -0.2) is 5.43 Å². The minimum atomic E-state index is -0.234. The molecule has 196 valence electrons. The van der Waals surface area contributed by atoms with E-state index in [1.54, 1.807) is 6.21 Å². The van der Waals surface area contributed by atoms with Gasteiger partial charge in [0, 0.05) is 22.5 Å². The summed E-state index contributed by atoms with van der Waals surface area (Å²) >= 11 is 1.31. The van der Waals surface area contributed by atoms with Crippen molar-refractivity contribution in [2.45, 2.75) is 32.5 Å². The van der Waals surface area contributed by atoms with Crippen LogP contribution in [0, 0.1) is 20.8 Å². The predicted octanol–water partition coefficient (Wildman–Crippen LogP) is 5.35. The molecule has 0 aliphatic rings. The molecule has 9 heteroatoms. The zero-order chi connectivity index (χ0) is 27.2. The van der Waals surface area contributed by atoms with Crippen LogP contribution in [0.2, 0.25) is 0 Å². The van der Waals surface area contributed by atoms with Gasteiger partial charge >= 0.3 is 0 Å². The lowest BCUT2D eigenvalue weighted by Gasteiger charge is -2.10. The van der Waals surface area contributed by atoms with Crippen molar-refractivity contribution in [2.75, 3.05) is 5.75 Å². The van der Waals surface area contributed by atoms with Crippen LogP contribution in [0.5, 0.6) is 0 Å². The molecule has 0 radical (unpaired) electrons. The van der Waals surface area contributed by atoms with Gasteiger partial charge in [0.05, 0.1) is 24.2 Å². The molecule has 0 unspecified atom stereocenters. The van der Waals surface area contributed by atoms with E-state index in [1.165, 1.54) is 22.9 Å². The number of thioether (sulfide) groups is 1. The van der Waals surface area contributed by atoms with Crippen LogP contribution in [0.1, 0.15) is 28.1 Å². The number of hydrazone groups is 1. The average molecular weight is 536 g/mol. The lowest BCUT2D eigenvalue weighted by molar-refractivity contribution is -0.118. The molecule has 0 spiro atoms. The van der Waals surface area contributed by atoms with Gasteiger partial charge in [0.2, 0.25) is 0 Å². The smallest absolute Gasteiger partial charge is 0.250 e. The number of rotatable bonds is 9. The number of amides is 1. The largest absolute Gasteiger partial charge is 0.272 e. The fourth-order valence-corrected chi connectivity index (χ4v) is 4.94. The van der Waals surface area contributed by atoms with Crippen LogP contribution in [0.15, 0.2) is 95.2 Å². The van der Waals surface area contributed by atoms with Crippen LogP contribution in [0.4, 0.5) is 0 Å². The summed E-state index contributed by atoms with van der Waals surface area (Å²) in [5, 5.41) is 18.3. The second kappa shape index (κ2) is 11.9. The third-order valence-electron chi connectivity index (χ3n) is 6.29. The molecule has 0 atom stereocenters. The van der Waals surface area contributed by atoms with E-state index in [9.17, 15) is 4.79 Å². The van der Waals surface area contributed by atoms with Crippen LogP contribution in [0.25, 0.3) is 17.1 Å². The number of para-hydroxylation sites is 1. The average Bonchev–Trinajstić information content (AvgIpc) is 3.50. The first-order valence-electron chi connectivity index (χ1n) is 12.6. The van der Waals surface area contributed by atoms with E-state index < -0.39 is 0 Å². The molecule has 2 heterocycles. The molecule has 0 saturated heterocycles. The van der Waals surface area contributed by atoms with Gasteiger partial charge < -0.3 is 0 Å². The molecule has 0 aliphatic heterocycles. The van der Waals surface area contributed by atoms with E-state index >= 15 is 0 Å². The number of nitrogens with one attached hydrogen (secondary N) is 1. The molecule has 1 amide bonds. The maximum absolute atomic E-state index is 12.7. The Hall–Kier alpha value is -4.50. The fraction of sp³-hybridized carbons (Fsp3) is 0.167. The topological polar surface area (TPSA) is 90.0 Å². The Kier molecular flexibility index (Phi) is 7.98. The van der Waals surface area contributed by atoms with Crippen molar-refractivity contribution < 1.29 is 4.79 Å².